The van der Waals surface area contributed by atoms with E-state index < -0.39 is 10.0 Å². The highest BCUT2D eigenvalue weighted by Gasteiger charge is 2.22. The summed E-state index contributed by atoms with van der Waals surface area (Å²) in [4.78, 5) is 11.9. The van der Waals surface area contributed by atoms with Gasteiger partial charge in [-0.1, -0.05) is 19.4 Å². The predicted octanol–water partition coefficient (Wildman–Crippen LogP) is 3.10. The van der Waals surface area contributed by atoms with Crippen LogP contribution in [0.4, 0.5) is 5.69 Å². The van der Waals surface area contributed by atoms with Crippen molar-refractivity contribution < 1.29 is 13.2 Å². The number of carbonyl (C=O) groups excluding carboxylic acids is 1. The van der Waals surface area contributed by atoms with Crippen molar-refractivity contribution >= 4 is 33.0 Å². The molecule has 7 heteroatoms. The van der Waals surface area contributed by atoms with Crippen molar-refractivity contribution in [1.29, 1.82) is 0 Å². The van der Waals surface area contributed by atoms with Gasteiger partial charge in [-0.05, 0) is 42.1 Å². The minimum absolute atomic E-state index is 0.145. The van der Waals surface area contributed by atoms with E-state index in [4.69, 9.17) is 0 Å². The van der Waals surface area contributed by atoms with Crippen LogP contribution in [-0.2, 0) is 10.0 Å². The summed E-state index contributed by atoms with van der Waals surface area (Å²) in [5.74, 6) is -0.145. The van der Waals surface area contributed by atoms with Crippen molar-refractivity contribution in [3.63, 3.8) is 0 Å². The molecular formula is C16H20N2O3S2. The second kappa shape index (κ2) is 7.61. The van der Waals surface area contributed by atoms with Crippen molar-refractivity contribution in [3.05, 3.63) is 47.3 Å². The highest BCUT2D eigenvalue weighted by atomic mass is 32.2. The van der Waals surface area contributed by atoms with Gasteiger partial charge in [0, 0.05) is 19.2 Å². The van der Waals surface area contributed by atoms with E-state index in [-0.39, 0.29) is 5.91 Å². The van der Waals surface area contributed by atoms with Crippen LogP contribution in [0, 0.1) is 0 Å². The number of unbranched alkanes of at least 4 members (excludes halogenated alkanes) is 1. The van der Waals surface area contributed by atoms with Crippen LogP contribution in [0.5, 0.6) is 0 Å². The van der Waals surface area contributed by atoms with Crippen molar-refractivity contribution in [2.45, 2.75) is 24.0 Å². The normalized spacial score (nSPS) is 11.2. The van der Waals surface area contributed by atoms with Gasteiger partial charge >= 0.3 is 0 Å². The molecule has 0 saturated heterocycles. The fourth-order valence-corrected chi connectivity index (χ4v) is 4.34. The third kappa shape index (κ3) is 4.11. The van der Waals surface area contributed by atoms with Crippen LogP contribution in [0.25, 0.3) is 0 Å². The summed E-state index contributed by atoms with van der Waals surface area (Å²) in [6.07, 6.45) is 1.95. The average Bonchev–Trinajstić information content (AvgIpc) is 3.09. The van der Waals surface area contributed by atoms with Gasteiger partial charge in [0.2, 0.25) is 0 Å². The zero-order valence-corrected chi connectivity index (χ0v) is 14.8. The lowest BCUT2D eigenvalue weighted by atomic mass is 10.2. The number of thiophene rings is 1. The molecule has 0 saturated carbocycles. The van der Waals surface area contributed by atoms with Crippen LogP contribution in [0.15, 0.2) is 46.0 Å². The minimum Gasteiger partial charge on any atom is -0.352 e. The molecule has 1 aromatic carbocycles. The van der Waals surface area contributed by atoms with Crippen LogP contribution < -0.4 is 9.62 Å². The summed E-state index contributed by atoms with van der Waals surface area (Å²) in [5, 5.41) is 4.56. The van der Waals surface area contributed by atoms with Crippen molar-refractivity contribution in [2.75, 3.05) is 17.9 Å². The second-order valence-corrected chi connectivity index (χ2v) is 8.20. The zero-order valence-electron chi connectivity index (χ0n) is 13.2. The maximum Gasteiger partial charge on any atom is 0.273 e. The van der Waals surface area contributed by atoms with E-state index in [1.165, 1.54) is 22.7 Å². The average molecular weight is 352 g/mol. The molecule has 0 unspecified atom stereocenters. The fraction of sp³-hybridized carbons (Fsp3) is 0.312. The van der Waals surface area contributed by atoms with Crippen LogP contribution in [0.2, 0.25) is 0 Å². The van der Waals surface area contributed by atoms with Crippen molar-refractivity contribution in [2.24, 2.45) is 0 Å². The maximum absolute atomic E-state index is 12.4. The minimum atomic E-state index is -3.55. The number of carbonyl (C=O) groups is 1. The quantitative estimate of drug-likeness (QED) is 0.779. The lowest BCUT2D eigenvalue weighted by Crippen LogP contribution is -2.26. The van der Waals surface area contributed by atoms with E-state index in [0.717, 1.165) is 12.8 Å². The number of rotatable bonds is 7. The molecule has 1 N–H and O–H groups in total. The van der Waals surface area contributed by atoms with Gasteiger partial charge in [0.15, 0.2) is 0 Å². The summed E-state index contributed by atoms with van der Waals surface area (Å²) in [7, 11) is -2.04. The molecule has 0 bridgehead atoms. The Hall–Kier alpha value is -1.86. The molecule has 0 fully saturated rings. The van der Waals surface area contributed by atoms with E-state index in [0.29, 0.717) is 22.0 Å². The SMILES string of the molecule is CCCCNC(=O)c1ccc(N(C)S(=O)(=O)c2cccs2)cc1. The highest BCUT2D eigenvalue weighted by molar-refractivity contribution is 7.94. The smallest absolute Gasteiger partial charge is 0.273 e. The van der Waals surface area contributed by atoms with E-state index >= 15 is 0 Å². The molecule has 1 amide bonds. The van der Waals surface area contributed by atoms with Crippen molar-refractivity contribution in [3.8, 4) is 0 Å². The predicted molar refractivity (Wildman–Crippen MR) is 93.6 cm³/mol. The Kier molecular flexibility index (Phi) is 5.79. The number of nitrogens with zero attached hydrogens (tertiary/aromatic N) is 1. The molecule has 2 rings (SSSR count). The number of hydrogen-bond acceptors (Lipinski definition) is 4. The number of nitrogens with one attached hydrogen (secondary N) is 1. The summed E-state index contributed by atoms with van der Waals surface area (Å²) in [5.41, 5.74) is 1.04. The first-order valence-corrected chi connectivity index (χ1v) is 9.69. The van der Waals surface area contributed by atoms with Crippen molar-refractivity contribution in [1.82, 2.24) is 5.32 Å². The molecule has 5 nitrogen and oxygen atoms in total. The number of anilines is 1. The Balaban J connectivity index is 2.12. The lowest BCUT2D eigenvalue weighted by molar-refractivity contribution is 0.0953. The molecule has 0 atom stereocenters. The standard InChI is InChI=1S/C16H20N2O3S2/c1-3-4-11-17-16(19)13-7-9-14(10-8-13)18(2)23(20,21)15-6-5-12-22-15/h5-10,12H,3-4,11H2,1-2H3,(H,17,19). The summed E-state index contributed by atoms with van der Waals surface area (Å²) >= 11 is 1.18. The monoisotopic (exact) mass is 352 g/mol. The number of amides is 1. The van der Waals surface area contributed by atoms with Gasteiger partial charge in [-0.3, -0.25) is 9.10 Å². The molecule has 0 spiro atoms. The molecule has 23 heavy (non-hydrogen) atoms. The fourth-order valence-electron chi connectivity index (χ4n) is 1.99. The number of benzene rings is 1. The Morgan fingerprint density at radius 1 is 1.22 bits per heavy atom. The van der Waals surface area contributed by atoms with Crippen LogP contribution in [0.1, 0.15) is 30.1 Å². The summed E-state index contributed by atoms with van der Waals surface area (Å²) in [6.45, 7) is 2.70. The molecule has 124 valence electrons. The van der Waals surface area contributed by atoms with E-state index in [1.54, 1.807) is 41.8 Å². The van der Waals surface area contributed by atoms with Crippen LogP contribution >= 0.6 is 11.3 Å². The molecule has 0 radical (unpaired) electrons. The Labute approximate surface area is 141 Å². The maximum atomic E-state index is 12.4. The summed E-state index contributed by atoms with van der Waals surface area (Å²) < 4.78 is 26.4. The second-order valence-electron chi connectivity index (χ2n) is 5.06. The van der Waals surface area contributed by atoms with Gasteiger partial charge in [0.05, 0.1) is 5.69 Å². The molecule has 1 heterocycles. The molecule has 0 aliphatic rings. The van der Waals surface area contributed by atoms with E-state index in [9.17, 15) is 13.2 Å². The Morgan fingerprint density at radius 2 is 1.91 bits per heavy atom. The first-order valence-electron chi connectivity index (χ1n) is 7.37. The molecular weight excluding hydrogens is 332 g/mol. The van der Waals surface area contributed by atoms with Gasteiger partial charge in [-0.25, -0.2) is 8.42 Å². The third-order valence-corrected chi connectivity index (χ3v) is 6.58. The van der Waals surface area contributed by atoms with Crippen LogP contribution in [-0.4, -0.2) is 27.9 Å². The first kappa shape index (κ1) is 17.5. The molecule has 0 aliphatic heterocycles. The number of hydrogen-bond donors (Lipinski definition) is 1. The lowest BCUT2D eigenvalue weighted by Gasteiger charge is -2.18. The zero-order chi connectivity index (χ0) is 16.9. The highest BCUT2D eigenvalue weighted by Crippen LogP contribution is 2.25. The first-order chi connectivity index (χ1) is 11.0. The van der Waals surface area contributed by atoms with E-state index in [2.05, 4.69) is 12.2 Å². The summed E-state index contributed by atoms with van der Waals surface area (Å²) in [6, 6.07) is 9.83. The molecule has 0 aliphatic carbocycles. The molecule has 2 aromatic rings. The van der Waals surface area contributed by atoms with Gasteiger partial charge in [-0.15, -0.1) is 11.3 Å². The van der Waals surface area contributed by atoms with Gasteiger partial charge in [0.25, 0.3) is 15.9 Å². The third-order valence-electron chi connectivity index (χ3n) is 3.42. The van der Waals surface area contributed by atoms with Gasteiger partial charge < -0.3 is 5.32 Å². The van der Waals surface area contributed by atoms with E-state index in [1.807, 2.05) is 0 Å². The Bertz CT molecular complexity index is 738. The molecule has 1 aromatic heterocycles. The Morgan fingerprint density at radius 3 is 2.48 bits per heavy atom. The van der Waals surface area contributed by atoms with Gasteiger partial charge in [-0.2, -0.15) is 0 Å². The topological polar surface area (TPSA) is 66.5 Å². The van der Waals surface area contributed by atoms with Gasteiger partial charge in [0.1, 0.15) is 4.21 Å². The van der Waals surface area contributed by atoms with Crippen LogP contribution in [0.3, 0.4) is 0 Å². The largest absolute Gasteiger partial charge is 0.352 e. The number of sulfonamides is 1.